The number of hydroxylamine groups is 1. The van der Waals surface area contributed by atoms with Gasteiger partial charge in [0.05, 0.1) is 17.4 Å². The van der Waals surface area contributed by atoms with Crippen molar-refractivity contribution in [3.05, 3.63) is 93.4 Å². The highest BCUT2D eigenvalue weighted by Gasteiger charge is 2.60. The summed E-state index contributed by atoms with van der Waals surface area (Å²) in [5.74, 6) is -1.34. The molecule has 2 amide bonds. The number of benzene rings is 3. The Hall–Kier alpha value is -2.67. The molecule has 5 rings (SSSR count). The van der Waals surface area contributed by atoms with E-state index >= 15 is 0 Å². The second-order valence-corrected chi connectivity index (χ2v) is 8.98. The molecule has 0 radical (unpaired) electrons. The molecule has 2 aliphatic heterocycles. The first-order valence-electron chi connectivity index (χ1n) is 9.86. The average molecular weight is 498 g/mol. The number of para-hydroxylation sites is 1. The van der Waals surface area contributed by atoms with Crippen molar-refractivity contribution in [1.82, 2.24) is 0 Å². The summed E-state index contributed by atoms with van der Waals surface area (Å²) in [4.78, 5) is 34.2. The average Bonchev–Trinajstić information content (AvgIpc) is 3.28. The van der Waals surface area contributed by atoms with Gasteiger partial charge >= 0.3 is 0 Å². The summed E-state index contributed by atoms with van der Waals surface area (Å²) in [6.07, 6.45) is -0.901. The molecule has 0 unspecified atom stereocenters. The number of imide groups is 1. The van der Waals surface area contributed by atoms with Gasteiger partial charge in [0.2, 0.25) is 5.91 Å². The van der Waals surface area contributed by atoms with Crippen LogP contribution in [0.3, 0.4) is 0 Å². The number of hydrogen-bond acceptors (Lipinski definition) is 4. The zero-order valence-corrected chi connectivity index (χ0v) is 18.9. The molecular formula is C24H18BrClN2O3. The van der Waals surface area contributed by atoms with E-state index in [1.54, 1.807) is 23.3 Å². The monoisotopic (exact) mass is 496 g/mol. The quantitative estimate of drug-likeness (QED) is 0.451. The van der Waals surface area contributed by atoms with E-state index in [2.05, 4.69) is 15.9 Å². The van der Waals surface area contributed by atoms with E-state index in [4.69, 9.17) is 16.4 Å². The summed E-state index contributed by atoms with van der Waals surface area (Å²) in [5, 5.41) is 2.19. The van der Waals surface area contributed by atoms with Crippen LogP contribution in [0.2, 0.25) is 5.02 Å². The maximum atomic E-state index is 13.6. The first-order valence-corrected chi connectivity index (χ1v) is 11.0. The fourth-order valence-corrected chi connectivity index (χ4v) is 4.63. The lowest BCUT2D eigenvalue weighted by Crippen LogP contribution is -2.37. The van der Waals surface area contributed by atoms with Gasteiger partial charge in [0.25, 0.3) is 5.91 Å². The van der Waals surface area contributed by atoms with Crippen LogP contribution < -0.4 is 9.96 Å². The molecule has 7 heteroatoms. The second-order valence-electron chi connectivity index (χ2n) is 7.65. The van der Waals surface area contributed by atoms with Crippen LogP contribution in [0.4, 0.5) is 11.4 Å². The van der Waals surface area contributed by atoms with Crippen molar-refractivity contribution in [2.75, 3.05) is 9.96 Å². The summed E-state index contributed by atoms with van der Waals surface area (Å²) < 4.78 is 0.933. The van der Waals surface area contributed by atoms with E-state index in [1.165, 1.54) is 4.90 Å². The molecule has 0 spiro atoms. The van der Waals surface area contributed by atoms with Gasteiger partial charge in [-0.3, -0.25) is 14.4 Å². The number of rotatable bonds is 3. The molecule has 0 bridgehead atoms. The van der Waals surface area contributed by atoms with E-state index in [-0.39, 0.29) is 11.8 Å². The van der Waals surface area contributed by atoms with Crippen molar-refractivity contribution in [1.29, 1.82) is 0 Å². The Morgan fingerprint density at radius 3 is 2.29 bits per heavy atom. The predicted molar refractivity (Wildman–Crippen MR) is 123 cm³/mol. The minimum absolute atomic E-state index is 0.290. The lowest BCUT2D eigenvalue weighted by Gasteiger charge is -2.28. The highest BCUT2D eigenvalue weighted by molar-refractivity contribution is 9.10. The molecule has 2 fully saturated rings. The zero-order valence-electron chi connectivity index (χ0n) is 16.5. The van der Waals surface area contributed by atoms with Gasteiger partial charge < -0.3 is 0 Å². The molecule has 156 valence electrons. The fraction of sp³-hybridized carbons (Fsp3) is 0.167. The van der Waals surface area contributed by atoms with Gasteiger partial charge in [-0.05, 0) is 54.4 Å². The lowest BCUT2D eigenvalue weighted by atomic mass is 9.90. The molecule has 31 heavy (non-hydrogen) atoms. The number of hydrogen-bond donors (Lipinski definition) is 0. The standard InChI is InChI=1S/C24H18BrClN2O3/c1-14-7-12-18(13-19(14)26)27-23(29)20-21(15-8-10-16(25)11-9-15)28(31-22(20)24(27)30)17-5-3-2-4-6-17/h2-13,20-22H,1H3/t20-,21+,22-/m0/s1. The van der Waals surface area contributed by atoms with Crippen LogP contribution in [0.15, 0.2) is 77.3 Å². The highest BCUT2D eigenvalue weighted by Crippen LogP contribution is 2.47. The Kier molecular flexibility index (Phi) is 5.08. The lowest BCUT2D eigenvalue weighted by molar-refractivity contribution is -0.126. The molecule has 3 aromatic rings. The predicted octanol–water partition coefficient (Wildman–Crippen LogP) is 5.46. The molecule has 3 aromatic carbocycles. The summed E-state index contributed by atoms with van der Waals surface area (Å²) >= 11 is 9.72. The van der Waals surface area contributed by atoms with Crippen molar-refractivity contribution in [2.24, 2.45) is 5.92 Å². The van der Waals surface area contributed by atoms with Gasteiger partial charge in [-0.15, -0.1) is 0 Å². The van der Waals surface area contributed by atoms with E-state index in [9.17, 15) is 9.59 Å². The van der Waals surface area contributed by atoms with E-state index in [0.717, 1.165) is 21.3 Å². The van der Waals surface area contributed by atoms with Crippen molar-refractivity contribution in [2.45, 2.75) is 19.1 Å². The van der Waals surface area contributed by atoms with Crippen LogP contribution in [0.25, 0.3) is 0 Å². The molecule has 2 aliphatic rings. The topological polar surface area (TPSA) is 49.9 Å². The SMILES string of the molecule is Cc1ccc(N2C(=O)[C@@H]3[C@H](ON(c4ccccc4)[C@@H]3c3ccc(Br)cc3)C2=O)cc1Cl. The highest BCUT2D eigenvalue weighted by atomic mass is 79.9. The van der Waals surface area contributed by atoms with Crippen LogP contribution >= 0.6 is 27.5 Å². The van der Waals surface area contributed by atoms with E-state index in [0.29, 0.717) is 10.7 Å². The molecule has 0 aliphatic carbocycles. The summed E-state index contributed by atoms with van der Waals surface area (Å²) in [5.41, 5.74) is 3.02. The Morgan fingerprint density at radius 1 is 0.903 bits per heavy atom. The molecule has 2 heterocycles. The van der Waals surface area contributed by atoms with E-state index < -0.39 is 18.1 Å². The third-order valence-electron chi connectivity index (χ3n) is 5.75. The van der Waals surface area contributed by atoms with Crippen LogP contribution in [-0.4, -0.2) is 17.9 Å². The van der Waals surface area contributed by atoms with Crippen molar-refractivity contribution >= 4 is 50.7 Å². The number of carbonyl (C=O) groups excluding carboxylic acids is 2. The Morgan fingerprint density at radius 2 is 1.61 bits per heavy atom. The normalized spacial score (nSPS) is 22.9. The smallest absolute Gasteiger partial charge is 0.266 e. The number of carbonyl (C=O) groups is 2. The second kappa shape index (κ2) is 7.79. The zero-order chi connectivity index (χ0) is 21.7. The number of amides is 2. The number of aryl methyl sites for hydroxylation is 1. The van der Waals surface area contributed by atoms with Crippen LogP contribution in [0.1, 0.15) is 17.2 Å². The van der Waals surface area contributed by atoms with Crippen molar-refractivity contribution in [3.63, 3.8) is 0 Å². The van der Waals surface area contributed by atoms with Gasteiger partial charge in [-0.2, -0.15) is 0 Å². The van der Waals surface area contributed by atoms with E-state index in [1.807, 2.05) is 61.5 Å². The van der Waals surface area contributed by atoms with Gasteiger partial charge in [0, 0.05) is 9.50 Å². The fourth-order valence-electron chi connectivity index (χ4n) is 4.19. The van der Waals surface area contributed by atoms with Gasteiger partial charge in [-0.25, -0.2) is 9.96 Å². The van der Waals surface area contributed by atoms with Gasteiger partial charge in [0.1, 0.15) is 5.92 Å². The first-order chi connectivity index (χ1) is 15.0. The van der Waals surface area contributed by atoms with Crippen molar-refractivity contribution < 1.29 is 14.4 Å². The molecule has 0 saturated carbocycles. The minimum atomic E-state index is -0.901. The maximum absolute atomic E-state index is 13.6. The molecule has 0 aromatic heterocycles. The molecule has 2 saturated heterocycles. The van der Waals surface area contributed by atoms with Crippen molar-refractivity contribution in [3.8, 4) is 0 Å². The third-order valence-corrected chi connectivity index (χ3v) is 6.69. The van der Waals surface area contributed by atoms with Crippen LogP contribution in [0.5, 0.6) is 0 Å². The number of anilines is 2. The van der Waals surface area contributed by atoms with Gasteiger partial charge in [0.15, 0.2) is 6.10 Å². The summed E-state index contributed by atoms with van der Waals surface area (Å²) in [7, 11) is 0. The van der Waals surface area contributed by atoms with Gasteiger partial charge in [-0.1, -0.05) is 63.9 Å². The maximum Gasteiger partial charge on any atom is 0.266 e. The first kappa shape index (κ1) is 20.2. The Balaban J connectivity index is 1.58. The van der Waals surface area contributed by atoms with Crippen LogP contribution in [-0.2, 0) is 14.4 Å². The summed E-state index contributed by atoms with van der Waals surface area (Å²) in [6, 6.07) is 22.0. The largest absolute Gasteiger partial charge is 0.273 e. The summed E-state index contributed by atoms with van der Waals surface area (Å²) in [6.45, 7) is 1.87. The molecule has 5 nitrogen and oxygen atoms in total. The Labute approximate surface area is 193 Å². The number of nitrogens with zero attached hydrogens (tertiary/aromatic N) is 2. The Bertz CT molecular complexity index is 1170. The third kappa shape index (κ3) is 3.35. The number of halogens is 2. The number of fused-ring (bicyclic) bond motifs is 1. The van der Waals surface area contributed by atoms with Crippen LogP contribution in [0, 0.1) is 12.8 Å². The minimum Gasteiger partial charge on any atom is -0.273 e. The molecule has 3 atom stereocenters. The molecular weight excluding hydrogens is 480 g/mol. The molecule has 0 N–H and O–H groups in total.